The third-order valence-corrected chi connectivity index (χ3v) is 6.51. The molecule has 2 aliphatic rings. The van der Waals surface area contributed by atoms with Gasteiger partial charge in [0.15, 0.2) is 0 Å². The monoisotopic (exact) mass is 431 g/mol. The Bertz CT molecular complexity index is 1190. The van der Waals surface area contributed by atoms with Crippen molar-refractivity contribution in [3.8, 4) is 0 Å². The first-order valence-corrected chi connectivity index (χ1v) is 10.9. The molecule has 2 aliphatic heterocycles. The second kappa shape index (κ2) is 7.67. The van der Waals surface area contributed by atoms with Crippen molar-refractivity contribution in [2.75, 3.05) is 16.8 Å². The van der Waals surface area contributed by atoms with Crippen molar-refractivity contribution < 1.29 is 9.18 Å². The molecule has 3 heterocycles. The highest BCUT2D eigenvalue weighted by molar-refractivity contribution is 6.07. The Morgan fingerprint density at radius 2 is 1.94 bits per heavy atom. The van der Waals surface area contributed by atoms with E-state index in [0.29, 0.717) is 11.8 Å². The molecule has 0 radical (unpaired) electrons. The van der Waals surface area contributed by atoms with Crippen molar-refractivity contribution in [2.45, 2.75) is 45.2 Å². The number of benzene rings is 2. The lowest BCUT2D eigenvalue weighted by Gasteiger charge is -2.26. The molecule has 1 aromatic heterocycles. The zero-order chi connectivity index (χ0) is 22.5. The van der Waals surface area contributed by atoms with Gasteiger partial charge >= 0.3 is 0 Å². The lowest BCUT2D eigenvalue weighted by Crippen LogP contribution is -2.38. The van der Waals surface area contributed by atoms with Crippen molar-refractivity contribution in [1.82, 2.24) is 15.3 Å². The van der Waals surface area contributed by atoms with Crippen LogP contribution in [0.2, 0.25) is 0 Å². The number of carbonyl (C=O) groups is 1. The smallest absolute Gasteiger partial charge is 0.239 e. The van der Waals surface area contributed by atoms with Gasteiger partial charge in [-0.15, -0.1) is 0 Å². The molecule has 7 heteroatoms. The molecule has 5 rings (SSSR count). The first-order chi connectivity index (χ1) is 15.3. The van der Waals surface area contributed by atoms with Crippen molar-refractivity contribution >= 4 is 23.4 Å². The number of nitrogens with one attached hydrogen (secondary N) is 2. The van der Waals surface area contributed by atoms with Crippen LogP contribution in [0.4, 0.5) is 21.8 Å². The Kier molecular flexibility index (Phi) is 4.93. The molecule has 1 amide bonds. The van der Waals surface area contributed by atoms with Crippen LogP contribution in [-0.2, 0) is 23.2 Å². The maximum absolute atomic E-state index is 13.4. The molecule has 0 bridgehead atoms. The van der Waals surface area contributed by atoms with Crippen molar-refractivity contribution in [2.24, 2.45) is 0 Å². The Morgan fingerprint density at radius 3 is 2.72 bits per heavy atom. The average molecular weight is 432 g/mol. The molecule has 32 heavy (non-hydrogen) atoms. The van der Waals surface area contributed by atoms with Gasteiger partial charge in [-0.1, -0.05) is 18.2 Å². The number of rotatable bonds is 4. The van der Waals surface area contributed by atoms with Gasteiger partial charge in [-0.25, -0.2) is 9.37 Å². The van der Waals surface area contributed by atoms with E-state index in [1.54, 1.807) is 23.2 Å². The van der Waals surface area contributed by atoms with Crippen LogP contribution in [0.15, 0.2) is 48.7 Å². The summed E-state index contributed by atoms with van der Waals surface area (Å²) in [5.41, 5.74) is 4.44. The van der Waals surface area contributed by atoms with Gasteiger partial charge in [0.1, 0.15) is 11.6 Å². The van der Waals surface area contributed by atoms with E-state index in [-0.39, 0.29) is 17.8 Å². The summed E-state index contributed by atoms with van der Waals surface area (Å²) >= 11 is 0. The molecule has 0 spiro atoms. The summed E-state index contributed by atoms with van der Waals surface area (Å²) in [6.45, 7) is 7.56. The Morgan fingerprint density at radius 1 is 1.16 bits per heavy atom. The van der Waals surface area contributed by atoms with Gasteiger partial charge in [0.25, 0.3) is 0 Å². The van der Waals surface area contributed by atoms with Crippen LogP contribution in [0.1, 0.15) is 49.1 Å². The van der Waals surface area contributed by atoms with Crippen molar-refractivity contribution in [3.63, 3.8) is 0 Å². The number of amides is 1. The lowest BCUT2D eigenvalue weighted by atomic mass is 9.88. The van der Waals surface area contributed by atoms with Crippen LogP contribution >= 0.6 is 0 Å². The highest BCUT2D eigenvalue weighted by Gasteiger charge is 2.47. The highest BCUT2D eigenvalue weighted by Crippen LogP contribution is 2.44. The molecular formula is C25H26FN5O. The molecule has 3 aromatic rings. The van der Waals surface area contributed by atoms with Gasteiger partial charge < -0.3 is 10.6 Å². The molecule has 1 atom stereocenters. The van der Waals surface area contributed by atoms with Crippen LogP contribution in [0, 0.1) is 5.82 Å². The van der Waals surface area contributed by atoms with E-state index in [1.165, 1.54) is 23.3 Å². The summed E-state index contributed by atoms with van der Waals surface area (Å²) in [6, 6.07) is 12.2. The van der Waals surface area contributed by atoms with Gasteiger partial charge in [-0.05, 0) is 74.7 Å². The van der Waals surface area contributed by atoms with Crippen LogP contribution in [-0.4, -0.2) is 22.4 Å². The molecule has 0 saturated heterocycles. The summed E-state index contributed by atoms with van der Waals surface area (Å²) in [6.07, 6.45) is 2.76. The maximum Gasteiger partial charge on any atom is 0.239 e. The Balaban J connectivity index is 1.49. The second-order valence-electron chi connectivity index (χ2n) is 8.99. The summed E-state index contributed by atoms with van der Waals surface area (Å²) in [5.74, 6) is 0.683. The number of hydrogen-bond donors (Lipinski definition) is 2. The number of fused-ring (bicyclic) bond motifs is 2. The number of nitrogens with zero attached hydrogens (tertiary/aromatic N) is 3. The summed E-state index contributed by atoms with van der Waals surface area (Å²) in [7, 11) is 0. The largest absolute Gasteiger partial charge is 0.324 e. The standard InChI is InChI=1S/C25H26FN5O/c1-15(16-4-7-19(26)8-5-16)31-22-21(25(2,3)23(31)32)14-28-24(30-22)29-20-9-6-17-10-11-27-13-18(17)12-20/h4-9,12,14-15,27H,10-11,13H2,1-3H3,(H,28,29,30)/t15-/m0/s1. The van der Waals surface area contributed by atoms with Gasteiger partial charge in [0.2, 0.25) is 11.9 Å². The van der Waals surface area contributed by atoms with E-state index in [0.717, 1.165) is 36.3 Å². The lowest BCUT2D eigenvalue weighted by molar-refractivity contribution is -0.122. The van der Waals surface area contributed by atoms with Gasteiger partial charge in [-0.3, -0.25) is 9.69 Å². The number of halogens is 1. The highest BCUT2D eigenvalue weighted by atomic mass is 19.1. The van der Waals surface area contributed by atoms with E-state index < -0.39 is 5.41 Å². The van der Waals surface area contributed by atoms with E-state index >= 15 is 0 Å². The second-order valence-corrected chi connectivity index (χ2v) is 8.99. The fourth-order valence-corrected chi connectivity index (χ4v) is 4.51. The number of anilines is 3. The molecule has 0 unspecified atom stereocenters. The third kappa shape index (κ3) is 3.42. The SMILES string of the molecule is C[C@@H](c1ccc(F)cc1)N1C(=O)C(C)(C)c2cnc(Nc3ccc4c(c3)CNCC4)nc21. The van der Waals surface area contributed by atoms with Gasteiger partial charge in [0, 0.05) is 24.0 Å². The van der Waals surface area contributed by atoms with Gasteiger partial charge in [0.05, 0.1) is 11.5 Å². The van der Waals surface area contributed by atoms with Crippen molar-refractivity contribution in [3.05, 3.63) is 76.7 Å². The molecule has 2 N–H and O–H groups in total. The molecule has 2 aromatic carbocycles. The van der Waals surface area contributed by atoms with E-state index in [9.17, 15) is 9.18 Å². The average Bonchev–Trinajstić information content (AvgIpc) is 2.98. The minimum absolute atomic E-state index is 0.0457. The number of carbonyl (C=O) groups excluding carboxylic acids is 1. The number of aromatic nitrogens is 2. The van der Waals surface area contributed by atoms with Gasteiger partial charge in [-0.2, -0.15) is 4.98 Å². The molecule has 0 aliphatic carbocycles. The fourth-order valence-electron chi connectivity index (χ4n) is 4.51. The quantitative estimate of drug-likeness (QED) is 0.641. The predicted octanol–water partition coefficient (Wildman–Crippen LogP) is 4.39. The molecule has 0 saturated carbocycles. The van der Waals surface area contributed by atoms with E-state index in [2.05, 4.69) is 27.8 Å². The zero-order valence-electron chi connectivity index (χ0n) is 18.4. The third-order valence-electron chi connectivity index (χ3n) is 6.51. The summed E-state index contributed by atoms with van der Waals surface area (Å²) in [4.78, 5) is 24.3. The maximum atomic E-state index is 13.4. The fraction of sp³-hybridized carbons (Fsp3) is 0.320. The molecule has 0 fully saturated rings. The molecule has 6 nitrogen and oxygen atoms in total. The zero-order valence-corrected chi connectivity index (χ0v) is 18.4. The Hall–Kier alpha value is -3.32. The first kappa shape index (κ1) is 20.6. The van der Waals surface area contributed by atoms with Crippen LogP contribution in [0.25, 0.3) is 0 Å². The molecular weight excluding hydrogens is 405 g/mol. The summed E-state index contributed by atoms with van der Waals surface area (Å²) < 4.78 is 13.4. The van der Waals surface area contributed by atoms with E-state index in [1.807, 2.05) is 26.8 Å². The predicted molar refractivity (Wildman–Crippen MR) is 122 cm³/mol. The topological polar surface area (TPSA) is 70.2 Å². The minimum atomic E-state index is -0.736. The Labute approximate surface area is 186 Å². The first-order valence-electron chi connectivity index (χ1n) is 10.9. The van der Waals surface area contributed by atoms with Crippen molar-refractivity contribution in [1.29, 1.82) is 0 Å². The van der Waals surface area contributed by atoms with Crippen LogP contribution < -0.4 is 15.5 Å². The van der Waals surface area contributed by atoms with Crippen LogP contribution in [0.5, 0.6) is 0 Å². The van der Waals surface area contributed by atoms with E-state index in [4.69, 9.17) is 4.98 Å². The summed E-state index contributed by atoms with van der Waals surface area (Å²) in [5, 5.41) is 6.69. The number of hydrogen-bond acceptors (Lipinski definition) is 5. The minimum Gasteiger partial charge on any atom is -0.324 e. The van der Waals surface area contributed by atoms with Crippen LogP contribution in [0.3, 0.4) is 0 Å². The molecule has 164 valence electrons. The normalized spacial score (nSPS) is 17.6.